The van der Waals surface area contributed by atoms with Crippen LogP contribution in [0.4, 0.5) is 0 Å². The van der Waals surface area contributed by atoms with E-state index >= 15 is 0 Å². The minimum Gasteiger partial charge on any atom is -0.491 e. The molecule has 1 heterocycles. The largest absolute Gasteiger partial charge is 0.491 e. The highest BCUT2D eigenvalue weighted by molar-refractivity contribution is 8.00. The van der Waals surface area contributed by atoms with Gasteiger partial charge in [0.2, 0.25) is 0 Å². The van der Waals surface area contributed by atoms with Gasteiger partial charge in [0, 0.05) is 22.3 Å². The van der Waals surface area contributed by atoms with Crippen LogP contribution >= 0.6 is 11.8 Å². The first kappa shape index (κ1) is 19.7. The summed E-state index contributed by atoms with van der Waals surface area (Å²) in [6.07, 6.45) is 2.97. The predicted octanol–water partition coefficient (Wildman–Crippen LogP) is 5.23. The van der Waals surface area contributed by atoms with E-state index in [0.717, 1.165) is 28.7 Å². The van der Waals surface area contributed by atoms with E-state index in [1.54, 1.807) is 13.2 Å². The van der Waals surface area contributed by atoms with Crippen LogP contribution in [0.2, 0.25) is 0 Å². The van der Waals surface area contributed by atoms with Crippen LogP contribution in [0.1, 0.15) is 46.6 Å². The van der Waals surface area contributed by atoms with Gasteiger partial charge in [-0.2, -0.15) is 11.8 Å². The number of rotatable bonds is 9. The standard InChI is InChI=1S/C20H28O4S/c1-6-22-20(21)10-16-12-23-19-11-17(7-8-18(16)19)24-14(4)9-15(5)25-13(2)3/h7-8,11-15H,6,9-10H2,1-5H3/t14-,15?/m1/s1. The monoisotopic (exact) mass is 364 g/mol. The molecule has 25 heavy (non-hydrogen) atoms. The van der Waals surface area contributed by atoms with Crippen molar-refractivity contribution in [3.05, 3.63) is 30.0 Å². The number of ether oxygens (including phenoxy) is 2. The molecule has 5 heteroatoms. The fraction of sp³-hybridized carbons (Fsp3) is 0.550. The Morgan fingerprint density at radius 2 is 2.00 bits per heavy atom. The average molecular weight is 365 g/mol. The molecule has 2 rings (SSSR count). The molecule has 0 N–H and O–H groups in total. The maximum absolute atomic E-state index is 11.7. The normalized spacial score (nSPS) is 13.8. The number of hydrogen-bond acceptors (Lipinski definition) is 5. The molecule has 0 aliphatic heterocycles. The van der Waals surface area contributed by atoms with Gasteiger partial charge in [0.25, 0.3) is 0 Å². The highest BCUT2D eigenvalue weighted by Crippen LogP contribution is 2.28. The highest BCUT2D eigenvalue weighted by Gasteiger charge is 2.15. The topological polar surface area (TPSA) is 48.7 Å². The molecule has 0 bridgehead atoms. The molecule has 0 amide bonds. The third kappa shape index (κ3) is 5.99. The predicted molar refractivity (Wildman–Crippen MR) is 103 cm³/mol. The maximum Gasteiger partial charge on any atom is 0.310 e. The van der Waals surface area contributed by atoms with Gasteiger partial charge in [-0.1, -0.05) is 20.8 Å². The Hall–Kier alpha value is -1.62. The van der Waals surface area contributed by atoms with E-state index in [1.807, 2.05) is 30.0 Å². The van der Waals surface area contributed by atoms with Crippen molar-refractivity contribution in [2.24, 2.45) is 0 Å². The minimum absolute atomic E-state index is 0.132. The summed E-state index contributed by atoms with van der Waals surface area (Å²) >= 11 is 1.97. The van der Waals surface area contributed by atoms with Crippen molar-refractivity contribution in [2.45, 2.75) is 64.1 Å². The van der Waals surface area contributed by atoms with Crippen molar-refractivity contribution in [1.82, 2.24) is 0 Å². The summed E-state index contributed by atoms with van der Waals surface area (Å²) in [6, 6.07) is 5.77. The second-order valence-electron chi connectivity index (χ2n) is 6.56. The molecule has 1 unspecified atom stereocenters. The summed E-state index contributed by atoms with van der Waals surface area (Å²) in [5.41, 5.74) is 1.57. The summed E-state index contributed by atoms with van der Waals surface area (Å²) in [4.78, 5) is 11.7. The number of furan rings is 1. The van der Waals surface area contributed by atoms with Crippen molar-refractivity contribution < 1.29 is 18.7 Å². The van der Waals surface area contributed by atoms with Gasteiger partial charge < -0.3 is 13.9 Å². The Morgan fingerprint density at radius 3 is 2.68 bits per heavy atom. The molecule has 0 saturated heterocycles. The molecular weight excluding hydrogens is 336 g/mol. The number of esters is 1. The number of thioether (sulfide) groups is 1. The summed E-state index contributed by atoms with van der Waals surface area (Å²) in [5.74, 6) is 0.551. The quantitative estimate of drug-likeness (QED) is 0.571. The fourth-order valence-corrected chi connectivity index (χ4v) is 4.22. The molecule has 0 radical (unpaired) electrons. The molecule has 4 nitrogen and oxygen atoms in total. The zero-order chi connectivity index (χ0) is 18.4. The molecule has 2 aromatic rings. The van der Waals surface area contributed by atoms with Crippen molar-refractivity contribution in [2.75, 3.05) is 6.61 Å². The molecule has 0 aliphatic rings. The molecule has 1 aromatic heterocycles. The Balaban J connectivity index is 2.00. The van der Waals surface area contributed by atoms with Crippen molar-refractivity contribution in [3.63, 3.8) is 0 Å². The third-order valence-corrected chi connectivity index (χ3v) is 4.97. The van der Waals surface area contributed by atoms with E-state index in [-0.39, 0.29) is 18.5 Å². The smallest absolute Gasteiger partial charge is 0.310 e. The lowest BCUT2D eigenvalue weighted by Crippen LogP contribution is -2.17. The van der Waals surface area contributed by atoms with E-state index in [1.165, 1.54) is 0 Å². The van der Waals surface area contributed by atoms with Crippen LogP contribution < -0.4 is 4.74 Å². The average Bonchev–Trinajstić information content (AvgIpc) is 2.88. The zero-order valence-corrected chi connectivity index (χ0v) is 16.5. The van der Waals surface area contributed by atoms with Crippen LogP contribution in [0, 0.1) is 0 Å². The number of fused-ring (bicyclic) bond motifs is 1. The number of carbonyl (C=O) groups excluding carboxylic acids is 1. The maximum atomic E-state index is 11.7. The fourth-order valence-electron chi connectivity index (χ4n) is 2.91. The molecule has 1 aromatic carbocycles. The van der Waals surface area contributed by atoms with Crippen LogP contribution in [-0.4, -0.2) is 29.2 Å². The molecular formula is C20H28O4S. The first-order valence-corrected chi connectivity index (χ1v) is 9.81. The van der Waals surface area contributed by atoms with Crippen LogP contribution in [0.5, 0.6) is 5.75 Å². The molecule has 2 atom stereocenters. The Morgan fingerprint density at radius 1 is 1.24 bits per heavy atom. The lowest BCUT2D eigenvalue weighted by molar-refractivity contribution is -0.142. The molecule has 0 fully saturated rings. The first-order chi connectivity index (χ1) is 11.9. The van der Waals surface area contributed by atoms with Crippen LogP contribution in [0.15, 0.2) is 28.9 Å². The van der Waals surface area contributed by atoms with Crippen molar-refractivity contribution >= 4 is 28.7 Å². The van der Waals surface area contributed by atoms with Gasteiger partial charge in [0.15, 0.2) is 0 Å². The second kappa shape index (κ2) is 9.18. The lowest BCUT2D eigenvalue weighted by atomic mass is 10.1. The van der Waals surface area contributed by atoms with Crippen molar-refractivity contribution in [1.29, 1.82) is 0 Å². The van der Waals surface area contributed by atoms with Gasteiger partial charge in [-0.25, -0.2) is 0 Å². The number of benzene rings is 1. The molecule has 0 aliphatic carbocycles. The summed E-state index contributed by atoms with van der Waals surface area (Å²) in [6.45, 7) is 10.9. The highest BCUT2D eigenvalue weighted by atomic mass is 32.2. The van der Waals surface area contributed by atoms with Crippen molar-refractivity contribution in [3.8, 4) is 5.75 Å². The van der Waals surface area contributed by atoms with Gasteiger partial charge in [-0.05, 0) is 37.7 Å². The van der Waals surface area contributed by atoms with E-state index in [0.29, 0.717) is 17.1 Å². The SMILES string of the molecule is CCOC(=O)Cc1coc2cc(O[C@H](C)CC(C)SC(C)C)ccc12. The van der Waals surface area contributed by atoms with Crippen LogP contribution in [0.25, 0.3) is 11.0 Å². The van der Waals surface area contributed by atoms with Gasteiger partial charge in [-0.15, -0.1) is 0 Å². The summed E-state index contributed by atoms with van der Waals surface area (Å²) in [7, 11) is 0. The Labute approximate surface area is 154 Å². The second-order valence-corrected chi connectivity index (χ2v) is 8.58. The number of carbonyl (C=O) groups is 1. The molecule has 138 valence electrons. The number of hydrogen-bond donors (Lipinski definition) is 0. The lowest BCUT2D eigenvalue weighted by Gasteiger charge is -2.20. The zero-order valence-electron chi connectivity index (χ0n) is 15.7. The van der Waals surface area contributed by atoms with E-state index < -0.39 is 0 Å². The van der Waals surface area contributed by atoms with Gasteiger partial charge in [-0.3, -0.25) is 4.79 Å². The molecule has 0 spiro atoms. The third-order valence-electron chi connectivity index (χ3n) is 3.77. The Bertz CT molecular complexity index is 692. The Kier molecular flexibility index (Phi) is 7.24. The van der Waals surface area contributed by atoms with Gasteiger partial charge in [0.05, 0.1) is 25.4 Å². The van der Waals surface area contributed by atoms with E-state index in [4.69, 9.17) is 13.9 Å². The summed E-state index contributed by atoms with van der Waals surface area (Å²) in [5, 5.41) is 2.11. The van der Waals surface area contributed by atoms with E-state index in [9.17, 15) is 4.79 Å². The van der Waals surface area contributed by atoms with Crippen LogP contribution in [0.3, 0.4) is 0 Å². The van der Waals surface area contributed by atoms with Crippen LogP contribution in [-0.2, 0) is 16.0 Å². The van der Waals surface area contributed by atoms with Gasteiger partial charge in [0.1, 0.15) is 11.3 Å². The molecule has 0 saturated carbocycles. The summed E-state index contributed by atoms with van der Waals surface area (Å²) < 4.78 is 16.6. The first-order valence-electron chi connectivity index (χ1n) is 8.86. The van der Waals surface area contributed by atoms with Gasteiger partial charge >= 0.3 is 5.97 Å². The van der Waals surface area contributed by atoms with E-state index in [2.05, 4.69) is 27.7 Å². The minimum atomic E-state index is -0.240.